The van der Waals surface area contributed by atoms with E-state index < -0.39 is 5.97 Å². The fourth-order valence-corrected chi connectivity index (χ4v) is 4.02. The first-order chi connectivity index (χ1) is 12.9. The van der Waals surface area contributed by atoms with Gasteiger partial charge in [-0.15, -0.1) is 0 Å². The number of benzene rings is 1. The molecule has 1 aliphatic carbocycles. The van der Waals surface area contributed by atoms with E-state index >= 15 is 0 Å². The number of hydrogen-bond donors (Lipinski definition) is 2. The fourth-order valence-electron chi connectivity index (χ4n) is 4.02. The van der Waals surface area contributed by atoms with Gasteiger partial charge in [-0.25, -0.2) is 0 Å². The number of rotatable bonds is 6. The number of aliphatic carboxylic acids is 1. The van der Waals surface area contributed by atoms with Crippen LogP contribution in [-0.4, -0.2) is 41.3 Å². The molecule has 2 N–H and O–H groups in total. The lowest BCUT2D eigenvalue weighted by molar-refractivity contribution is -0.142. The first-order valence-corrected chi connectivity index (χ1v) is 9.54. The Balaban J connectivity index is 1.74. The highest BCUT2D eigenvalue weighted by atomic mass is 16.5. The van der Waals surface area contributed by atoms with Gasteiger partial charge in [0.2, 0.25) is 0 Å². The van der Waals surface area contributed by atoms with Crippen molar-refractivity contribution < 1.29 is 19.4 Å². The second kappa shape index (κ2) is 8.13. The number of fused-ring (bicyclic) bond motifs is 1. The summed E-state index contributed by atoms with van der Waals surface area (Å²) in [5.74, 6) is -1.08. The van der Waals surface area contributed by atoms with Crippen LogP contribution in [0.15, 0.2) is 18.2 Å². The highest BCUT2D eigenvalue weighted by Gasteiger charge is 2.27. The van der Waals surface area contributed by atoms with Crippen molar-refractivity contribution in [1.29, 1.82) is 0 Å². The van der Waals surface area contributed by atoms with E-state index in [1.807, 2.05) is 18.2 Å². The van der Waals surface area contributed by atoms with E-state index in [4.69, 9.17) is 9.84 Å². The van der Waals surface area contributed by atoms with Crippen molar-refractivity contribution in [2.45, 2.75) is 52.1 Å². The number of aryl methyl sites for hydroxylation is 1. The lowest BCUT2D eigenvalue weighted by Crippen LogP contribution is -2.38. The predicted molar refractivity (Wildman–Crippen MR) is 104 cm³/mol. The molecule has 1 amide bonds. The minimum Gasteiger partial charge on any atom is -0.481 e. The van der Waals surface area contributed by atoms with Crippen LogP contribution in [0.4, 0.5) is 0 Å². The molecule has 0 unspecified atom stereocenters. The molecule has 27 heavy (non-hydrogen) atoms. The van der Waals surface area contributed by atoms with Gasteiger partial charge >= 0.3 is 5.97 Å². The summed E-state index contributed by atoms with van der Waals surface area (Å²) >= 11 is 0. The number of carbonyl (C=O) groups excluding carboxylic acids is 1. The second-order valence-electron chi connectivity index (χ2n) is 7.45. The number of methoxy groups -OCH3 is 1. The van der Waals surface area contributed by atoms with Gasteiger partial charge in [0.1, 0.15) is 0 Å². The summed E-state index contributed by atoms with van der Waals surface area (Å²) in [6, 6.07) is 5.88. The maximum atomic E-state index is 12.7. The van der Waals surface area contributed by atoms with E-state index in [2.05, 4.69) is 23.7 Å². The van der Waals surface area contributed by atoms with Crippen LogP contribution in [0.2, 0.25) is 0 Å². The van der Waals surface area contributed by atoms with Gasteiger partial charge < -0.3 is 19.7 Å². The van der Waals surface area contributed by atoms with Crippen LogP contribution in [0, 0.1) is 19.8 Å². The van der Waals surface area contributed by atoms with Gasteiger partial charge in [-0.1, -0.05) is 0 Å². The topological polar surface area (TPSA) is 80.6 Å². The lowest BCUT2D eigenvalue weighted by Gasteiger charge is -2.26. The summed E-state index contributed by atoms with van der Waals surface area (Å²) in [4.78, 5) is 23.8. The SMILES string of the molecule is COCCn1c(C)c(C)c2cc(C(=O)NC3CCC(C(=O)O)CC3)ccc21. The fraction of sp³-hybridized carbons (Fsp3) is 0.524. The number of ether oxygens (including phenoxy) is 1. The maximum Gasteiger partial charge on any atom is 0.306 e. The number of nitrogens with one attached hydrogen (secondary N) is 1. The second-order valence-corrected chi connectivity index (χ2v) is 7.45. The third-order valence-corrected chi connectivity index (χ3v) is 5.83. The molecule has 0 saturated heterocycles. The van der Waals surface area contributed by atoms with Gasteiger partial charge in [-0.05, 0) is 63.3 Å². The maximum absolute atomic E-state index is 12.7. The Morgan fingerprint density at radius 1 is 1.22 bits per heavy atom. The number of carboxylic acids is 1. The molecular formula is C21H28N2O4. The average molecular weight is 372 g/mol. The van der Waals surface area contributed by atoms with Gasteiger partial charge in [0.25, 0.3) is 5.91 Å². The van der Waals surface area contributed by atoms with Crippen molar-refractivity contribution in [1.82, 2.24) is 9.88 Å². The molecule has 6 nitrogen and oxygen atoms in total. The molecule has 3 rings (SSSR count). The molecule has 1 saturated carbocycles. The Morgan fingerprint density at radius 2 is 1.93 bits per heavy atom. The summed E-state index contributed by atoms with van der Waals surface area (Å²) < 4.78 is 7.43. The highest BCUT2D eigenvalue weighted by molar-refractivity contribution is 5.99. The molecule has 0 bridgehead atoms. The zero-order chi connectivity index (χ0) is 19.6. The van der Waals surface area contributed by atoms with Gasteiger partial charge in [-0.2, -0.15) is 0 Å². The molecule has 6 heteroatoms. The number of aromatic nitrogens is 1. The number of carbonyl (C=O) groups is 2. The smallest absolute Gasteiger partial charge is 0.306 e. The summed E-state index contributed by atoms with van der Waals surface area (Å²) in [7, 11) is 1.69. The molecule has 1 aromatic carbocycles. The predicted octanol–water partition coefficient (Wildman–Crippen LogP) is 3.28. The van der Waals surface area contributed by atoms with Crippen molar-refractivity contribution in [2.24, 2.45) is 5.92 Å². The van der Waals surface area contributed by atoms with E-state index in [-0.39, 0.29) is 17.9 Å². The van der Waals surface area contributed by atoms with Crippen LogP contribution in [0.5, 0.6) is 0 Å². The Kier molecular flexibility index (Phi) is 5.85. The third kappa shape index (κ3) is 4.00. The molecule has 1 aromatic heterocycles. The number of amides is 1. The quantitative estimate of drug-likeness (QED) is 0.815. The standard InChI is InChI=1S/C21H28N2O4/c1-13-14(2)23(10-11-27-3)19-9-6-16(12-18(13)19)20(24)22-17-7-4-15(5-8-17)21(25)26/h6,9,12,15,17H,4-5,7-8,10-11H2,1-3H3,(H,22,24)(H,25,26). The van der Waals surface area contributed by atoms with Crippen LogP contribution in [0.25, 0.3) is 10.9 Å². The molecule has 0 spiro atoms. The van der Waals surface area contributed by atoms with E-state index in [1.165, 1.54) is 11.3 Å². The van der Waals surface area contributed by atoms with Crippen molar-refractivity contribution >= 4 is 22.8 Å². The van der Waals surface area contributed by atoms with Crippen LogP contribution < -0.4 is 5.32 Å². The molecular weight excluding hydrogens is 344 g/mol. The zero-order valence-corrected chi connectivity index (χ0v) is 16.2. The molecule has 2 aromatic rings. The molecule has 1 fully saturated rings. The lowest BCUT2D eigenvalue weighted by atomic mass is 9.86. The van der Waals surface area contributed by atoms with Crippen LogP contribution in [0.1, 0.15) is 47.3 Å². The molecule has 1 aliphatic rings. The summed E-state index contributed by atoms with van der Waals surface area (Å²) in [5.41, 5.74) is 4.12. The normalized spacial score (nSPS) is 20.0. The number of carboxylic acid groups (broad SMARTS) is 1. The van der Waals surface area contributed by atoms with Gasteiger partial charge in [0.05, 0.1) is 12.5 Å². The molecule has 0 aliphatic heterocycles. The van der Waals surface area contributed by atoms with Crippen LogP contribution in [-0.2, 0) is 16.1 Å². The van der Waals surface area contributed by atoms with Crippen molar-refractivity contribution in [3.8, 4) is 0 Å². The van der Waals surface area contributed by atoms with Gasteiger partial charge in [0.15, 0.2) is 0 Å². The Bertz CT molecular complexity index is 847. The third-order valence-electron chi connectivity index (χ3n) is 5.83. The van der Waals surface area contributed by atoms with Crippen molar-refractivity contribution in [3.05, 3.63) is 35.0 Å². The van der Waals surface area contributed by atoms with E-state index in [0.717, 1.165) is 30.3 Å². The van der Waals surface area contributed by atoms with Crippen molar-refractivity contribution in [3.63, 3.8) is 0 Å². The molecule has 0 atom stereocenters. The Labute approximate surface area is 159 Å². The molecule has 0 radical (unpaired) electrons. The van der Waals surface area contributed by atoms with Crippen LogP contribution in [0.3, 0.4) is 0 Å². The zero-order valence-electron chi connectivity index (χ0n) is 16.2. The first-order valence-electron chi connectivity index (χ1n) is 9.54. The van der Waals surface area contributed by atoms with E-state index in [0.29, 0.717) is 25.0 Å². The first kappa shape index (κ1) is 19.4. The Hall–Kier alpha value is -2.34. The minimum absolute atomic E-state index is 0.0536. The number of nitrogens with zero attached hydrogens (tertiary/aromatic N) is 1. The average Bonchev–Trinajstić information content (AvgIpc) is 2.90. The van der Waals surface area contributed by atoms with Gasteiger partial charge in [-0.3, -0.25) is 9.59 Å². The molecule has 146 valence electrons. The number of hydrogen-bond acceptors (Lipinski definition) is 3. The van der Waals surface area contributed by atoms with E-state index in [9.17, 15) is 9.59 Å². The highest BCUT2D eigenvalue weighted by Crippen LogP contribution is 2.27. The van der Waals surface area contributed by atoms with E-state index in [1.54, 1.807) is 7.11 Å². The van der Waals surface area contributed by atoms with Crippen molar-refractivity contribution in [2.75, 3.05) is 13.7 Å². The summed E-state index contributed by atoms with van der Waals surface area (Å²) in [5, 5.41) is 13.3. The largest absolute Gasteiger partial charge is 0.481 e. The Morgan fingerprint density at radius 3 is 2.56 bits per heavy atom. The summed E-state index contributed by atoms with van der Waals surface area (Å²) in [6.45, 7) is 5.60. The van der Waals surface area contributed by atoms with Crippen LogP contribution >= 0.6 is 0 Å². The van der Waals surface area contributed by atoms with Gasteiger partial charge in [0, 0.05) is 41.9 Å². The summed E-state index contributed by atoms with van der Waals surface area (Å²) in [6.07, 6.45) is 2.69. The monoisotopic (exact) mass is 372 g/mol. The minimum atomic E-state index is -0.728. The molecule has 1 heterocycles.